The third-order valence-corrected chi connectivity index (χ3v) is 4.16. The molecule has 1 heterocycles. The standard InChI is InChI=1S/C19H20FNO4/c20-14-5-3-6-15(13-14)25-18-9-2-1-8-17(18)24-12-11-21-10-4-7-16(21)19(22)23/h1-3,5-6,8-9,13,16H,4,7,10-12H2,(H,22,23). The number of carboxylic acids is 1. The lowest BCUT2D eigenvalue weighted by molar-refractivity contribution is -0.142. The summed E-state index contributed by atoms with van der Waals surface area (Å²) < 4.78 is 24.8. The van der Waals surface area contributed by atoms with Crippen molar-refractivity contribution in [3.05, 3.63) is 54.3 Å². The number of benzene rings is 2. The zero-order chi connectivity index (χ0) is 17.6. The summed E-state index contributed by atoms with van der Waals surface area (Å²) in [4.78, 5) is 13.1. The molecule has 0 saturated carbocycles. The van der Waals surface area contributed by atoms with Crippen molar-refractivity contribution in [3.63, 3.8) is 0 Å². The Kier molecular flexibility index (Phi) is 5.50. The van der Waals surface area contributed by atoms with Crippen LogP contribution in [0.1, 0.15) is 12.8 Å². The van der Waals surface area contributed by atoms with Gasteiger partial charge in [0, 0.05) is 12.6 Å². The largest absolute Gasteiger partial charge is 0.488 e. The van der Waals surface area contributed by atoms with Gasteiger partial charge >= 0.3 is 5.97 Å². The molecule has 1 aliphatic rings. The van der Waals surface area contributed by atoms with Crippen molar-refractivity contribution in [2.75, 3.05) is 19.7 Å². The highest BCUT2D eigenvalue weighted by Gasteiger charge is 2.29. The van der Waals surface area contributed by atoms with E-state index in [0.717, 1.165) is 13.0 Å². The second kappa shape index (κ2) is 7.98. The van der Waals surface area contributed by atoms with Crippen LogP contribution in [0.3, 0.4) is 0 Å². The van der Waals surface area contributed by atoms with Crippen molar-refractivity contribution in [2.45, 2.75) is 18.9 Å². The van der Waals surface area contributed by atoms with Crippen LogP contribution in [-0.2, 0) is 4.79 Å². The van der Waals surface area contributed by atoms with E-state index in [1.165, 1.54) is 12.1 Å². The Bertz CT molecular complexity index is 737. The van der Waals surface area contributed by atoms with Gasteiger partial charge in [-0.2, -0.15) is 0 Å². The second-order valence-electron chi connectivity index (χ2n) is 5.89. The van der Waals surface area contributed by atoms with Crippen LogP contribution in [0.2, 0.25) is 0 Å². The maximum Gasteiger partial charge on any atom is 0.320 e. The van der Waals surface area contributed by atoms with Gasteiger partial charge in [-0.1, -0.05) is 18.2 Å². The minimum atomic E-state index is -0.785. The lowest BCUT2D eigenvalue weighted by atomic mass is 10.2. The minimum Gasteiger partial charge on any atom is -0.488 e. The highest BCUT2D eigenvalue weighted by atomic mass is 19.1. The molecule has 6 heteroatoms. The fourth-order valence-corrected chi connectivity index (χ4v) is 2.96. The van der Waals surface area contributed by atoms with Crippen molar-refractivity contribution < 1.29 is 23.8 Å². The van der Waals surface area contributed by atoms with Gasteiger partial charge in [0.1, 0.15) is 24.2 Å². The highest BCUT2D eigenvalue weighted by molar-refractivity contribution is 5.73. The first kappa shape index (κ1) is 17.2. The van der Waals surface area contributed by atoms with Crippen molar-refractivity contribution >= 4 is 5.97 Å². The predicted octanol–water partition coefficient (Wildman–Crippen LogP) is 3.55. The molecule has 0 amide bonds. The number of hydrogen-bond donors (Lipinski definition) is 1. The molecular weight excluding hydrogens is 325 g/mol. The number of rotatable bonds is 7. The number of carbonyl (C=O) groups is 1. The first-order valence-electron chi connectivity index (χ1n) is 8.25. The van der Waals surface area contributed by atoms with E-state index in [0.29, 0.717) is 36.8 Å². The summed E-state index contributed by atoms with van der Waals surface area (Å²) >= 11 is 0. The van der Waals surface area contributed by atoms with Gasteiger partial charge in [0.05, 0.1) is 0 Å². The monoisotopic (exact) mass is 345 g/mol. The molecule has 0 aromatic heterocycles. The number of likely N-dealkylation sites (tertiary alicyclic amines) is 1. The molecule has 1 fully saturated rings. The molecular formula is C19H20FNO4. The van der Waals surface area contributed by atoms with E-state index in [2.05, 4.69) is 0 Å². The Labute approximate surface area is 145 Å². The predicted molar refractivity (Wildman–Crippen MR) is 90.6 cm³/mol. The molecule has 1 saturated heterocycles. The molecule has 1 atom stereocenters. The average Bonchev–Trinajstić information content (AvgIpc) is 3.05. The molecule has 1 N–H and O–H groups in total. The van der Waals surface area contributed by atoms with Crippen LogP contribution in [-0.4, -0.2) is 41.7 Å². The summed E-state index contributed by atoms with van der Waals surface area (Å²) in [6.07, 6.45) is 1.56. The van der Waals surface area contributed by atoms with Crippen molar-refractivity contribution in [2.24, 2.45) is 0 Å². The Morgan fingerprint density at radius 2 is 2.00 bits per heavy atom. The summed E-state index contributed by atoms with van der Waals surface area (Å²) in [5, 5.41) is 9.20. The van der Waals surface area contributed by atoms with Gasteiger partial charge in [-0.3, -0.25) is 9.69 Å². The quantitative estimate of drug-likeness (QED) is 0.832. The van der Waals surface area contributed by atoms with E-state index in [1.54, 1.807) is 24.3 Å². The Morgan fingerprint density at radius 1 is 1.20 bits per heavy atom. The molecule has 2 aromatic rings. The molecule has 1 aliphatic heterocycles. The summed E-state index contributed by atoms with van der Waals surface area (Å²) in [6.45, 7) is 1.65. The molecule has 1 unspecified atom stereocenters. The van der Waals surface area contributed by atoms with Crippen molar-refractivity contribution in [3.8, 4) is 17.2 Å². The third kappa shape index (κ3) is 4.48. The second-order valence-corrected chi connectivity index (χ2v) is 5.89. The van der Waals surface area contributed by atoms with Gasteiger partial charge in [-0.25, -0.2) is 4.39 Å². The van der Waals surface area contributed by atoms with Crippen LogP contribution < -0.4 is 9.47 Å². The summed E-state index contributed by atoms with van der Waals surface area (Å²) in [5.41, 5.74) is 0. The van der Waals surface area contributed by atoms with E-state index in [9.17, 15) is 14.3 Å². The fourth-order valence-electron chi connectivity index (χ4n) is 2.96. The van der Waals surface area contributed by atoms with Gasteiger partial charge in [-0.15, -0.1) is 0 Å². The molecule has 132 valence electrons. The number of ether oxygens (including phenoxy) is 2. The number of aliphatic carboxylic acids is 1. The molecule has 3 rings (SSSR count). The highest BCUT2D eigenvalue weighted by Crippen LogP contribution is 2.31. The average molecular weight is 345 g/mol. The van der Waals surface area contributed by atoms with E-state index < -0.39 is 12.0 Å². The zero-order valence-corrected chi connectivity index (χ0v) is 13.7. The van der Waals surface area contributed by atoms with Crippen LogP contribution in [0, 0.1) is 5.82 Å². The van der Waals surface area contributed by atoms with Gasteiger partial charge in [-0.05, 0) is 43.7 Å². The van der Waals surface area contributed by atoms with E-state index in [1.807, 2.05) is 17.0 Å². The number of carboxylic acid groups (broad SMARTS) is 1. The van der Waals surface area contributed by atoms with Crippen LogP contribution in [0.4, 0.5) is 4.39 Å². The smallest absolute Gasteiger partial charge is 0.320 e. The lowest BCUT2D eigenvalue weighted by Gasteiger charge is -2.21. The number of para-hydroxylation sites is 2. The Morgan fingerprint density at radius 3 is 2.76 bits per heavy atom. The number of halogens is 1. The molecule has 0 spiro atoms. The van der Waals surface area contributed by atoms with E-state index >= 15 is 0 Å². The fraction of sp³-hybridized carbons (Fsp3) is 0.316. The zero-order valence-electron chi connectivity index (χ0n) is 13.7. The Hall–Kier alpha value is -2.60. The summed E-state index contributed by atoms with van der Waals surface area (Å²) in [6, 6.07) is 12.6. The molecule has 0 aliphatic carbocycles. The maximum absolute atomic E-state index is 13.3. The SMILES string of the molecule is O=C(O)C1CCCN1CCOc1ccccc1Oc1cccc(F)c1. The minimum absolute atomic E-state index is 0.354. The van der Waals surface area contributed by atoms with Gasteiger partial charge in [0.25, 0.3) is 0 Å². The lowest BCUT2D eigenvalue weighted by Crippen LogP contribution is -2.38. The number of hydrogen-bond acceptors (Lipinski definition) is 4. The molecule has 0 bridgehead atoms. The van der Waals surface area contributed by atoms with Crippen LogP contribution in [0.5, 0.6) is 17.2 Å². The molecule has 25 heavy (non-hydrogen) atoms. The molecule has 0 radical (unpaired) electrons. The van der Waals surface area contributed by atoms with Gasteiger partial charge in [0.15, 0.2) is 11.5 Å². The van der Waals surface area contributed by atoms with Crippen LogP contribution in [0.15, 0.2) is 48.5 Å². The van der Waals surface area contributed by atoms with Crippen LogP contribution in [0.25, 0.3) is 0 Å². The summed E-state index contributed by atoms with van der Waals surface area (Å²) in [7, 11) is 0. The first-order valence-corrected chi connectivity index (χ1v) is 8.25. The van der Waals surface area contributed by atoms with E-state index in [4.69, 9.17) is 9.47 Å². The normalized spacial score (nSPS) is 17.4. The molecule has 2 aromatic carbocycles. The van der Waals surface area contributed by atoms with E-state index in [-0.39, 0.29) is 5.82 Å². The Balaban J connectivity index is 1.60. The maximum atomic E-state index is 13.3. The summed E-state index contributed by atoms with van der Waals surface area (Å²) in [5.74, 6) is 0.264. The van der Waals surface area contributed by atoms with Crippen molar-refractivity contribution in [1.29, 1.82) is 0 Å². The van der Waals surface area contributed by atoms with Gasteiger partial charge < -0.3 is 14.6 Å². The van der Waals surface area contributed by atoms with Crippen molar-refractivity contribution in [1.82, 2.24) is 4.90 Å². The van der Waals surface area contributed by atoms with Crippen LogP contribution >= 0.6 is 0 Å². The van der Waals surface area contributed by atoms with Gasteiger partial charge in [0.2, 0.25) is 0 Å². The number of nitrogens with zero attached hydrogens (tertiary/aromatic N) is 1. The molecule has 5 nitrogen and oxygen atoms in total. The topological polar surface area (TPSA) is 59.0 Å². The third-order valence-electron chi connectivity index (χ3n) is 4.16. The first-order chi connectivity index (χ1) is 12.1.